The molecule has 0 aromatic carbocycles. The lowest BCUT2D eigenvalue weighted by atomic mass is 10.0. The SMILES string of the molecule is COCC(C)n1cc(C)nc1N1CCC(C(C)N)C1. The van der Waals surface area contributed by atoms with Gasteiger partial charge in [0.05, 0.1) is 18.3 Å². The predicted molar refractivity (Wildman–Crippen MR) is 77.5 cm³/mol. The van der Waals surface area contributed by atoms with Crippen LogP contribution in [0.5, 0.6) is 0 Å². The quantitative estimate of drug-likeness (QED) is 0.879. The van der Waals surface area contributed by atoms with Crippen molar-refractivity contribution in [2.75, 3.05) is 31.7 Å². The minimum absolute atomic E-state index is 0.255. The summed E-state index contributed by atoms with van der Waals surface area (Å²) >= 11 is 0. The molecule has 1 fully saturated rings. The smallest absolute Gasteiger partial charge is 0.206 e. The molecule has 1 aliphatic rings. The highest BCUT2D eigenvalue weighted by Gasteiger charge is 2.28. The molecule has 2 N–H and O–H groups in total. The molecule has 5 nitrogen and oxygen atoms in total. The number of ether oxygens (including phenoxy) is 1. The summed E-state index contributed by atoms with van der Waals surface area (Å²) in [6.07, 6.45) is 3.26. The Balaban J connectivity index is 2.16. The third kappa shape index (κ3) is 3.09. The summed E-state index contributed by atoms with van der Waals surface area (Å²) in [5.74, 6) is 1.63. The van der Waals surface area contributed by atoms with Gasteiger partial charge in [0.2, 0.25) is 5.95 Å². The van der Waals surface area contributed by atoms with Crippen LogP contribution in [-0.2, 0) is 4.74 Å². The first kappa shape index (κ1) is 14.3. The van der Waals surface area contributed by atoms with Gasteiger partial charge in [-0.05, 0) is 33.1 Å². The molecule has 0 saturated carbocycles. The molecule has 2 heterocycles. The van der Waals surface area contributed by atoms with Crippen molar-refractivity contribution < 1.29 is 4.74 Å². The van der Waals surface area contributed by atoms with Crippen molar-refractivity contribution >= 4 is 5.95 Å². The molecule has 1 aromatic heterocycles. The summed E-state index contributed by atoms with van der Waals surface area (Å²) in [7, 11) is 1.74. The monoisotopic (exact) mass is 266 g/mol. The van der Waals surface area contributed by atoms with E-state index in [0.29, 0.717) is 18.6 Å². The van der Waals surface area contributed by atoms with Gasteiger partial charge in [-0.25, -0.2) is 4.98 Å². The Kier molecular flexibility index (Phi) is 4.47. The van der Waals surface area contributed by atoms with Gasteiger partial charge in [0.25, 0.3) is 0 Å². The molecule has 0 amide bonds. The van der Waals surface area contributed by atoms with Crippen molar-refractivity contribution in [3.63, 3.8) is 0 Å². The maximum absolute atomic E-state index is 6.01. The van der Waals surface area contributed by atoms with E-state index >= 15 is 0 Å². The van der Waals surface area contributed by atoms with Crippen LogP contribution in [0.15, 0.2) is 6.20 Å². The normalized spacial score (nSPS) is 22.8. The minimum atomic E-state index is 0.255. The number of imidazole rings is 1. The fourth-order valence-electron chi connectivity index (χ4n) is 2.78. The zero-order valence-corrected chi connectivity index (χ0v) is 12.5. The van der Waals surface area contributed by atoms with Crippen molar-refractivity contribution in [1.29, 1.82) is 0 Å². The Labute approximate surface area is 115 Å². The van der Waals surface area contributed by atoms with E-state index in [4.69, 9.17) is 10.5 Å². The molecule has 1 aromatic rings. The zero-order valence-electron chi connectivity index (χ0n) is 12.5. The van der Waals surface area contributed by atoms with Crippen LogP contribution in [0, 0.1) is 12.8 Å². The van der Waals surface area contributed by atoms with Crippen LogP contribution in [-0.4, -0.2) is 42.4 Å². The van der Waals surface area contributed by atoms with Crippen LogP contribution < -0.4 is 10.6 Å². The van der Waals surface area contributed by atoms with Gasteiger partial charge in [0.15, 0.2) is 0 Å². The molecule has 108 valence electrons. The van der Waals surface area contributed by atoms with Crippen LogP contribution in [0.4, 0.5) is 5.95 Å². The second kappa shape index (κ2) is 5.92. The Morgan fingerprint density at radius 2 is 2.26 bits per heavy atom. The zero-order chi connectivity index (χ0) is 14.0. The molecular formula is C14H26N4O. The summed E-state index contributed by atoms with van der Waals surface area (Å²) in [6.45, 7) is 9.05. The highest BCUT2D eigenvalue weighted by molar-refractivity contribution is 5.36. The third-order valence-corrected chi connectivity index (χ3v) is 3.97. The minimum Gasteiger partial charge on any atom is -0.383 e. The van der Waals surface area contributed by atoms with Crippen molar-refractivity contribution in [3.05, 3.63) is 11.9 Å². The molecule has 0 bridgehead atoms. The second-order valence-electron chi connectivity index (χ2n) is 5.75. The lowest BCUT2D eigenvalue weighted by Crippen LogP contribution is -2.31. The average Bonchev–Trinajstić information content (AvgIpc) is 2.95. The van der Waals surface area contributed by atoms with E-state index in [1.54, 1.807) is 7.11 Å². The predicted octanol–water partition coefficient (Wildman–Crippen LogP) is 1.57. The van der Waals surface area contributed by atoms with Crippen LogP contribution in [0.3, 0.4) is 0 Å². The molecule has 0 radical (unpaired) electrons. The Bertz CT molecular complexity index is 416. The second-order valence-corrected chi connectivity index (χ2v) is 5.75. The molecule has 19 heavy (non-hydrogen) atoms. The van der Waals surface area contributed by atoms with Gasteiger partial charge in [0.1, 0.15) is 0 Å². The molecule has 2 rings (SSSR count). The molecule has 0 aliphatic carbocycles. The van der Waals surface area contributed by atoms with E-state index in [0.717, 1.165) is 31.2 Å². The van der Waals surface area contributed by atoms with Crippen LogP contribution in [0.2, 0.25) is 0 Å². The number of nitrogens with two attached hydrogens (primary N) is 1. The average molecular weight is 266 g/mol. The Morgan fingerprint density at radius 3 is 2.84 bits per heavy atom. The Morgan fingerprint density at radius 1 is 1.53 bits per heavy atom. The maximum Gasteiger partial charge on any atom is 0.206 e. The molecule has 3 atom stereocenters. The number of hydrogen-bond donors (Lipinski definition) is 1. The Hall–Kier alpha value is -1.07. The molecular weight excluding hydrogens is 240 g/mol. The first-order valence-corrected chi connectivity index (χ1v) is 7.07. The van der Waals surface area contributed by atoms with Gasteiger partial charge in [-0.2, -0.15) is 0 Å². The highest BCUT2D eigenvalue weighted by Crippen LogP contribution is 2.27. The summed E-state index contributed by atoms with van der Waals surface area (Å²) in [5.41, 5.74) is 7.07. The van der Waals surface area contributed by atoms with Gasteiger partial charge in [-0.1, -0.05) is 0 Å². The summed E-state index contributed by atoms with van der Waals surface area (Å²) in [6, 6.07) is 0.557. The number of rotatable bonds is 5. The van der Waals surface area contributed by atoms with Gasteiger partial charge in [-0.3, -0.25) is 0 Å². The summed E-state index contributed by atoms with van der Waals surface area (Å²) in [4.78, 5) is 7.04. The number of hydrogen-bond acceptors (Lipinski definition) is 4. The topological polar surface area (TPSA) is 56.3 Å². The molecule has 1 aliphatic heterocycles. The first-order valence-electron chi connectivity index (χ1n) is 7.07. The van der Waals surface area contributed by atoms with E-state index in [1.807, 2.05) is 6.92 Å². The molecule has 3 unspecified atom stereocenters. The fourth-order valence-corrected chi connectivity index (χ4v) is 2.78. The van der Waals surface area contributed by atoms with E-state index in [1.165, 1.54) is 0 Å². The number of aryl methyl sites for hydroxylation is 1. The van der Waals surface area contributed by atoms with Crippen molar-refractivity contribution in [1.82, 2.24) is 9.55 Å². The number of anilines is 1. The van der Waals surface area contributed by atoms with Crippen LogP contribution >= 0.6 is 0 Å². The van der Waals surface area contributed by atoms with Crippen LogP contribution in [0.25, 0.3) is 0 Å². The summed E-state index contributed by atoms with van der Waals surface area (Å²) < 4.78 is 7.48. The van der Waals surface area contributed by atoms with Crippen molar-refractivity contribution in [2.45, 2.75) is 39.3 Å². The molecule has 5 heteroatoms. The van der Waals surface area contributed by atoms with E-state index in [2.05, 4.69) is 34.5 Å². The van der Waals surface area contributed by atoms with Gasteiger partial charge >= 0.3 is 0 Å². The standard InChI is InChI=1S/C14H26N4O/c1-10-7-18(11(2)9-19-4)14(16-10)17-6-5-13(8-17)12(3)15/h7,11-13H,5-6,8-9,15H2,1-4H3. The molecule has 1 saturated heterocycles. The number of aromatic nitrogens is 2. The van der Waals surface area contributed by atoms with Gasteiger partial charge in [0, 0.05) is 32.4 Å². The van der Waals surface area contributed by atoms with Crippen molar-refractivity contribution in [3.8, 4) is 0 Å². The highest BCUT2D eigenvalue weighted by atomic mass is 16.5. The number of nitrogens with zero attached hydrogens (tertiary/aromatic N) is 3. The number of methoxy groups -OCH3 is 1. The largest absolute Gasteiger partial charge is 0.383 e. The van der Waals surface area contributed by atoms with E-state index in [9.17, 15) is 0 Å². The lowest BCUT2D eigenvalue weighted by molar-refractivity contribution is 0.162. The van der Waals surface area contributed by atoms with E-state index < -0.39 is 0 Å². The van der Waals surface area contributed by atoms with Crippen LogP contribution in [0.1, 0.15) is 32.0 Å². The molecule has 0 spiro atoms. The third-order valence-electron chi connectivity index (χ3n) is 3.97. The van der Waals surface area contributed by atoms with Gasteiger partial charge in [-0.15, -0.1) is 0 Å². The first-order chi connectivity index (χ1) is 9.02. The van der Waals surface area contributed by atoms with E-state index in [-0.39, 0.29) is 6.04 Å². The summed E-state index contributed by atoms with van der Waals surface area (Å²) in [5, 5.41) is 0. The maximum atomic E-state index is 6.01. The lowest BCUT2D eigenvalue weighted by Gasteiger charge is -2.23. The van der Waals surface area contributed by atoms with Gasteiger partial charge < -0.3 is 19.9 Å². The van der Waals surface area contributed by atoms with Crippen molar-refractivity contribution in [2.24, 2.45) is 11.7 Å². The fraction of sp³-hybridized carbons (Fsp3) is 0.786.